The van der Waals surface area contributed by atoms with Gasteiger partial charge >= 0.3 is 0 Å². The zero-order valence-corrected chi connectivity index (χ0v) is 8.00. The average molecular weight is 188 g/mol. The monoisotopic (exact) mass is 188 g/mol. The van der Waals surface area contributed by atoms with Crippen molar-refractivity contribution in [2.45, 2.75) is 13.5 Å². The Labute approximate surface area is 82.1 Å². The quantitative estimate of drug-likeness (QED) is 0.741. The summed E-state index contributed by atoms with van der Waals surface area (Å²) < 4.78 is 0. The fourth-order valence-corrected chi connectivity index (χ4v) is 1.52. The van der Waals surface area contributed by atoms with Gasteiger partial charge in [0.15, 0.2) is 0 Å². The Morgan fingerprint density at radius 1 is 1.43 bits per heavy atom. The van der Waals surface area contributed by atoms with Crippen LogP contribution in [0.5, 0.6) is 0 Å². The first-order valence-electron chi connectivity index (χ1n) is 4.56. The van der Waals surface area contributed by atoms with Crippen LogP contribution >= 0.6 is 0 Å². The first kappa shape index (κ1) is 8.81. The number of fused-ring (bicyclic) bond motifs is 1. The lowest BCUT2D eigenvalue weighted by atomic mass is 10.1. The van der Waals surface area contributed by atoms with Gasteiger partial charge in [0, 0.05) is 31.2 Å². The molecule has 72 valence electrons. The molecule has 0 aliphatic rings. The number of H-pyrrole nitrogens is 1. The molecule has 0 saturated carbocycles. The summed E-state index contributed by atoms with van der Waals surface area (Å²) in [5, 5.41) is 5.13. The average Bonchev–Trinajstić information content (AvgIpc) is 2.62. The molecule has 0 unspecified atom stereocenters. The molecule has 0 bridgehead atoms. The summed E-state index contributed by atoms with van der Waals surface area (Å²) in [5.74, 6) is -0.00228. The van der Waals surface area contributed by atoms with E-state index in [0.717, 1.165) is 5.56 Å². The van der Waals surface area contributed by atoms with Gasteiger partial charge < -0.3 is 10.3 Å². The van der Waals surface area contributed by atoms with Crippen LogP contribution in [0, 0.1) is 0 Å². The van der Waals surface area contributed by atoms with Gasteiger partial charge in [0.25, 0.3) is 0 Å². The van der Waals surface area contributed by atoms with Crippen LogP contribution in [0.3, 0.4) is 0 Å². The van der Waals surface area contributed by atoms with Crippen molar-refractivity contribution in [2.24, 2.45) is 0 Å². The topological polar surface area (TPSA) is 44.9 Å². The number of carbonyl (C=O) groups excluding carboxylic acids is 1. The molecule has 0 spiro atoms. The Kier molecular flexibility index (Phi) is 2.23. The van der Waals surface area contributed by atoms with Crippen molar-refractivity contribution in [2.75, 3.05) is 0 Å². The molecule has 2 N–H and O–H groups in total. The predicted molar refractivity (Wildman–Crippen MR) is 55.8 cm³/mol. The second kappa shape index (κ2) is 3.54. The lowest BCUT2D eigenvalue weighted by molar-refractivity contribution is -0.119. The zero-order chi connectivity index (χ0) is 9.97. The zero-order valence-electron chi connectivity index (χ0n) is 8.00. The van der Waals surface area contributed by atoms with Gasteiger partial charge in [-0.15, -0.1) is 0 Å². The molecular formula is C11H12N2O. The van der Waals surface area contributed by atoms with Gasteiger partial charge in [0.05, 0.1) is 0 Å². The highest BCUT2D eigenvalue weighted by Gasteiger charge is 2.01. The Morgan fingerprint density at radius 3 is 3.07 bits per heavy atom. The van der Waals surface area contributed by atoms with E-state index in [1.165, 1.54) is 17.7 Å². The molecule has 2 rings (SSSR count). The standard InChI is InChI=1S/C11H12N2O/c1-8(14)13-6-10-4-2-3-9-5-12-7-11(9)10/h2-5,7,12H,6H2,1H3,(H,13,14). The molecule has 1 heterocycles. The molecule has 1 aromatic heterocycles. The maximum Gasteiger partial charge on any atom is 0.217 e. The molecule has 1 amide bonds. The molecule has 0 saturated heterocycles. The summed E-state index contributed by atoms with van der Waals surface area (Å²) in [5.41, 5.74) is 1.14. The minimum absolute atomic E-state index is 0.00228. The molecule has 0 aliphatic carbocycles. The van der Waals surface area contributed by atoms with Gasteiger partial charge in [-0.1, -0.05) is 18.2 Å². The molecule has 3 nitrogen and oxygen atoms in total. The summed E-state index contributed by atoms with van der Waals surface area (Å²) in [7, 11) is 0. The molecule has 0 aliphatic heterocycles. The fourth-order valence-electron chi connectivity index (χ4n) is 1.52. The molecule has 0 radical (unpaired) electrons. The summed E-state index contributed by atoms with van der Waals surface area (Å²) in [6.45, 7) is 2.11. The number of aromatic amines is 1. The number of rotatable bonds is 2. The fraction of sp³-hybridized carbons (Fsp3) is 0.182. The van der Waals surface area contributed by atoms with Crippen molar-refractivity contribution in [3.05, 3.63) is 36.2 Å². The van der Waals surface area contributed by atoms with Gasteiger partial charge in [-0.3, -0.25) is 4.79 Å². The van der Waals surface area contributed by atoms with Gasteiger partial charge in [-0.05, 0) is 10.9 Å². The largest absolute Gasteiger partial charge is 0.366 e. The molecular weight excluding hydrogens is 176 g/mol. The van der Waals surface area contributed by atoms with E-state index in [-0.39, 0.29) is 5.91 Å². The van der Waals surface area contributed by atoms with E-state index in [0.29, 0.717) is 6.54 Å². The van der Waals surface area contributed by atoms with E-state index in [2.05, 4.69) is 10.3 Å². The maximum atomic E-state index is 10.8. The third kappa shape index (κ3) is 1.62. The Balaban J connectivity index is 2.32. The minimum Gasteiger partial charge on any atom is -0.366 e. The second-order valence-electron chi connectivity index (χ2n) is 3.29. The SMILES string of the molecule is CC(=O)NCc1cccc2c[nH]cc12. The van der Waals surface area contributed by atoms with Gasteiger partial charge in [0.1, 0.15) is 0 Å². The van der Waals surface area contributed by atoms with E-state index in [4.69, 9.17) is 0 Å². The number of carbonyl (C=O) groups is 1. The van der Waals surface area contributed by atoms with E-state index in [1.54, 1.807) is 0 Å². The number of hydrogen-bond acceptors (Lipinski definition) is 1. The van der Waals surface area contributed by atoms with Crippen LogP contribution in [0.15, 0.2) is 30.6 Å². The molecule has 2 aromatic rings. The van der Waals surface area contributed by atoms with Gasteiger partial charge in [0.2, 0.25) is 5.91 Å². The summed E-state index contributed by atoms with van der Waals surface area (Å²) in [4.78, 5) is 13.8. The molecule has 0 fully saturated rings. The second-order valence-corrected chi connectivity index (χ2v) is 3.29. The Hall–Kier alpha value is -1.77. The third-order valence-electron chi connectivity index (χ3n) is 2.22. The summed E-state index contributed by atoms with van der Waals surface area (Å²) in [6.07, 6.45) is 3.90. The number of benzene rings is 1. The number of hydrogen-bond donors (Lipinski definition) is 2. The van der Waals surface area contributed by atoms with E-state index in [1.807, 2.05) is 30.6 Å². The summed E-state index contributed by atoms with van der Waals surface area (Å²) >= 11 is 0. The molecule has 0 atom stereocenters. The van der Waals surface area contributed by atoms with E-state index in [9.17, 15) is 4.79 Å². The molecule has 1 aromatic carbocycles. The smallest absolute Gasteiger partial charge is 0.217 e. The predicted octanol–water partition coefficient (Wildman–Crippen LogP) is 1.80. The van der Waals surface area contributed by atoms with Crippen molar-refractivity contribution >= 4 is 16.7 Å². The highest BCUT2D eigenvalue weighted by Crippen LogP contribution is 2.17. The van der Waals surface area contributed by atoms with E-state index < -0.39 is 0 Å². The van der Waals surface area contributed by atoms with E-state index >= 15 is 0 Å². The van der Waals surface area contributed by atoms with Gasteiger partial charge in [-0.2, -0.15) is 0 Å². The molecule has 14 heavy (non-hydrogen) atoms. The van der Waals surface area contributed by atoms with Crippen LogP contribution in [0.4, 0.5) is 0 Å². The van der Waals surface area contributed by atoms with Crippen molar-refractivity contribution in [1.82, 2.24) is 10.3 Å². The van der Waals surface area contributed by atoms with Crippen LogP contribution < -0.4 is 5.32 Å². The normalized spacial score (nSPS) is 10.4. The highest BCUT2D eigenvalue weighted by molar-refractivity contribution is 5.85. The first-order chi connectivity index (χ1) is 6.77. The van der Waals surface area contributed by atoms with Crippen molar-refractivity contribution in [1.29, 1.82) is 0 Å². The highest BCUT2D eigenvalue weighted by atomic mass is 16.1. The van der Waals surface area contributed by atoms with Crippen molar-refractivity contribution in [3.8, 4) is 0 Å². The number of aromatic nitrogens is 1. The van der Waals surface area contributed by atoms with Crippen LogP contribution in [0.2, 0.25) is 0 Å². The van der Waals surface area contributed by atoms with Gasteiger partial charge in [-0.25, -0.2) is 0 Å². The first-order valence-corrected chi connectivity index (χ1v) is 4.56. The van der Waals surface area contributed by atoms with Crippen LogP contribution in [-0.4, -0.2) is 10.9 Å². The summed E-state index contributed by atoms with van der Waals surface area (Å²) in [6, 6.07) is 6.06. The van der Waals surface area contributed by atoms with Crippen LogP contribution in [0.25, 0.3) is 10.8 Å². The minimum atomic E-state index is -0.00228. The third-order valence-corrected chi connectivity index (χ3v) is 2.22. The van der Waals surface area contributed by atoms with Crippen LogP contribution in [0.1, 0.15) is 12.5 Å². The van der Waals surface area contributed by atoms with Crippen molar-refractivity contribution in [3.63, 3.8) is 0 Å². The van der Waals surface area contributed by atoms with Crippen molar-refractivity contribution < 1.29 is 4.79 Å². The number of amides is 1. The lowest BCUT2D eigenvalue weighted by Gasteiger charge is -2.03. The molecule has 3 heteroatoms. The number of nitrogens with one attached hydrogen (secondary N) is 2. The Bertz CT molecular complexity index is 459. The lowest BCUT2D eigenvalue weighted by Crippen LogP contribution is -2.18. The Morgan fingerprint density at radius 2 is 2.29 bits per heavy atom. The maximum absolute atomic E-state index is 10.8. The van der Waals surface area contributed by atoms with Crippen LogP contribution in [-0.2, 0) is 11.3 Å².